The number of ketones is 1. The molecule has 0 aliphatic heterocycles. The lowest BCUT2D eigenvalue weighted by Crippen LogP contribution is -2.11. The number of ether oxygens (including phenoxy) is 1. The summed E-state index contributed by atoms with van der Waals surface area (Å²) in [5, 5.41) is 0.471. The van der Waals surface area contributed by atoms with Crippen molar-refractivity contribution in [2.75, 3.05) is 13.2 Å². The summed E-state index contributed by atoms with van der Waals surface area (Å²) >= 11 is 5.95. The van der Waals surface area contributed by atoms with Gasteiger partial charge in [-0.25, -0.2) is 0 Å². The number of benzene rings is 2. The van der Waals surface area contributed by atoms with E-state index in [1.165, 1.54) is 5.56 Å². The van der Waals surface area contributed by atoms with Crippen LogP contribution in [0, 0.1) is 0 Å². The average molecular weight is 275 g/mol. The summed E-state index contributed by atoms with van der Waals surface area (Å²) in [5.41, 5.74) is 1.72. The fourth-order valence-electron chi connectivity index (χ4n) is 1.76. The monoisotopic (exact) mass is 274 g/mol. The van der Waals surface area contributed by atoms with Crippen molar-refractivity contribution in [1.29, 1.82) is 0 Å². The molecule has 0 bridgehead atoms. The lowest BCUT2D eigenvalue weighted by molar-refractivity contribution is 0.0765. The predicted molar refractivity (Wildman–Crippen MR) is 76.7 cm³/mol. The number of Topliss-reactive ketones (excluding diaryl/α,β-unsaturated/α-hetero) is 1. The first kappa shape index (κ1) is 13.8. The van der Waals surface area contributed by atoms with Gasteiger partial charge >= 0.3 is 0 Å². The molecule has 19 heavy (non-hydrogen) atoms. The Hall–Kier alpha value is -1.64. The fourth-order valence-corrected chi connectivity index (χ4v) is 2.01. The summed E-state index contributed by atoms with van der Waals surface area (Å²) in [6.45, 7) is 0.594. The van der Waals surface area contributed by atoms with Gasteiger partial charge in [0.1, 0.15) is 6.61 Å². The van der Waals surface area contributed by atoms with Crippen LogP contribution in [0.5, 0.6) is 0 Å². The van der Waals surface area contributed by atoms with Crippen LogP contribution in [0.1, 0.15) is 15.9 Å². The van der Waals surface area contributed by atoms with Crippen LogP contribution in [-0.2, 0) is 11.2 Å². The van der Waals surface area contributed by atoms with E-state index in [1.807, 2.05) is 30.3 Å². The first-order valence-electron chi connectivity index (χ1n) is 6.17. The topological polar surface area (TPSA) is 26.3 Å². The molecule has 98 valence electrons. The molecule has 0 unspecified atom stereocenters. The van der Waals surface area contributed by atoms with Crippen LogP contribution < -0.4 is 0 Å². The largest absolute Gasteiger partial charge is 0.373 e. The molecule has 0 saturated carbocycles. The Bertz CT molecular complexity index is 537. The van der Waals surface area contributed by atoms with Gasteiger partial charge in [0.2, 0.25) is 0 Å². The number of hydrogen-bond donors (Lipinski definition) is 0. The molecule has 0 aliphatic carbocycles. The van der Waals surface area contributed by atoms with Crippen molar-refractivity contribution in [1.82, 2.24) is 0 Å². The molecule has 0 saturated heterocycles. The van der Waals surface area contributed by atoms with Gasteiger partial charge in [0, 0.05) is 5.56 Å². The van der Waals surface area contributed by atoms with Crippen molar-refractivity contribution in [3.8, 4) is 0 Å². The molecule has 0 atom stereocenters. The Labute approximate surface area is 118 Å². The molecule has 2 nitrogen and oxygen atoms in total. The maximum atomic E-state index is 11.9. The molecular formula is C16H15ClO2. The quantitative estimate of drug-likeness (QED) is 0.592. The zero-order valence-electron chi connectivity index (χ0n) is 10.5. The van der Waals surface area contributed by atoms with Gasteiger partial charge in [-0.3, -0.25) is 4.79 Å². The van der Waals surface area contributed by atoms with Crippen LogP contribution in [0.3, 0.4) is 0 Å². The second-order valence-electron chi connectivity index (χ2n) is 4.19. The van der Waals surface area contributed by atoms with Crippen LogP contribution >= 0.6 is 11.6 Å². The van der Waals surface area contributed by atoms with E-state index in [1.54, 1.807) is 24.3 Å². The van der Waals surface area contributed by atoms with Crippen molar-refractivity contribution in [2.24, 2.45) is 0 Å². The lowest BCUT2D eigenvalue weighted by Gasteiger charge is -2.05. The summed E-state index contributed by atoms with van der Waals surface area (Å²) < 4.78 is 5.40. The number of carbonyl (C=O) groups is 1. The molecule has 0 fully saturated rings. The van der Waals surface area contributed by atoms with Gasteiger partial charge in [0.15, 0.2) is 5.78 Å². The molecule has 0 N–H and O–H groups in total. The summed E-state index contributed by atoms with van der Waals surface area (Å²) in [5.74, 6) is -0.0846. The summed E-state index contributed by atoms with van der Waals surface area (Å²) in [6, 6.07) is 17.1. The minimum atomic E-state index is -0.0846. The van der Waals surface area contributed by atoms with Crippen molar-refractivity contribution in [3.05, 3.63) is 70.7 Å². The summed E-state index contributed by atoms with van der Waals surface area (Å²) in [7, 11) is 0. The summed E-state index contributed by atoms with van der Waals surface area (Å²) in [4.78, 5) is 11.9. The Kier molecular flexibility index (Phi) is 5.13. The third-order valence-corrected chi connectivity index (χ3v) is 3.11. The molecular weight excluding hydrogens is 260 g/mol. The van der Waals surface area contributed by atoms with E-state index in [0.29, 0.717) is 17.2 Å². The van der Waals surface area contributed by atoms with E-state index in [2.05, 4.69) is 0 Å². The highest BCUT2D eigenvalue weighted by Crippen LogP contribution is 2.15. The average Bonchev–Trinajstić information content (AvgIpc) is 2.45. The van der Waals surface area contributed by atoms with E-state index >= 15 is 0 Å². The van der Waals surface area contributed by atoms with Crippen LogP contribution in [0.2, 0.25) is 5.02 Å². The highest BCUT2D eigenvalue weighted by molar-refractivity contribution is 6.34. The number of hydrogen-bond acceptors (Lipinski definition) is 2. The van der Waals surface area contributed by atoms with Gasteiger partial charge in [0.25, 0.3) is 0 Å². The second kappa shape index (κ2) is 7.07. The van der Waals surface area contributed by atoms with Crippen molar-refractivity contribution in [3.63, 3.8) is 0 Å². The van der Waals surface area contributed by atoms with E-state index in [4.69, 9.17) is 16.3 Å². The number of halogens is 1. The van der Waals surface area contributed by atoms with Crippen LogP contribution in [-0.4, -0.2) is 19.0 Å². The number of carbonyl (C=O) groups excluding carboxylic acids is 1. The second-order valence-corrected chi connectivity index (χ2v) is 4.60. The van der Waals surface area contributed by atoms with Gasteiger partial charge in [0.05, 0.1) is 11.6 Å². The molecule has 0 aliphatic rings. The van der Waals surface area contributed by atoms with E-state index in [0.717, 1.165) is 6.42 Å². The van der Waals surface area contributed by atoms with Gasteiger partial charge < -0.3 is 4.74 Å². The van der Waals surface area contributed by atoms with E-state index < -0.39 is 0 Å². The normalized spacial score (nSPS) is 10.4. The number of rotatable bonds is 6. The van der Waals surface area contributed by atoms with Crippen molar-refractivity contribution < 1.29 is 9.53 Å². The van der Waals surface area contributed by atoms with Crippen LogP contribution in [0.4, 0.5) is 0 Å². The van der Waals surface area contributed by atoms with Crippen molar-refractivity contribution in [2.45, 2.75) is 6.42 Å². The maximum Gasteiger partial charge on any atom is 0.189 e. The standard InChI is InChI=1S/C16H15ClO2/c17-15-9-5-4-8-14(15)16(18)12-19-11-10-13-6-2-1-3-7-13/h1-9H,10-12H2. The molecule has 0 amide bonds. The Morgan fingerprint density at radius 3 is 2.42 bits per heavy atom. The molecule has 0 spiro atoms. The molecule has 2 aromatic carbocycles. The zero-order chi connectivity index (χ0) is 13.5. The highest BCUT2D eigenvalue weighted by atomic mass is 35.5. The maximum absolute atomic E-state index is 11.9. The van der Waals surface area contributed by atoms with Gasteiger partial charge in [-0.2, -0.15) is 0 Å². The smallest absolute Gasteiger partial charge is 0.189 e. The van der Waals surface area contributed by atoms with E-state index in [9.17, 15) is 4.79 Å². The van der Waals surface area contributed by atoms with Crippen LogP contribution in [0.25, 0.3) is 0 Å². The Morgan fingerprint density at radius 2 is 1.68 bits per heavy atom. The molecule has 2 rings (SSSR count). The van der Waals surface area contributed by atoms with Crippen LogP contribution in [0.15, 0.2) is 54.6 Å². The van der Waals surface area contributed by atoms with Gasteiger partial charge in [-0.05, 0) is 24.1 Å². The molecule has 0 heterocycles. The Balaban J connectivity index is 1.77. The Morgan fingerprint density at radius 1 is 1.00 bits per heavy atom. The first-order chi connectivity index (χ1) is 9.27. The van der Waals surface area contributed by atoms with Gasteiger partial charge in [-0.15, -0.1) is 0 Å². The van der Waals surface area contributed by atoms with Crippen molar-refractivity contribution >= 4 is 17.4 Å². The van der Waals surface area contributed by atoms with E-state index in [-0.39, 0.29) is 12.4 Å². The van der Waals surface area contributed by atoms with Gasteiger partial charge in [-0.1, -0.05) is 54.1 Å². The zero-order valence-corrected chi connectivity index (χ0v) is 11.3. The molecule has 3 heteroatoms. The molecule has 0 radical (unpaired) electrons. The third-order valence-electron chi connectivity index (χ3n) is 2.79. The fraction of sp³-hybridized carbons (Fsp3) is 0.188. The third kappa shape index (κ3) is 4.19. The summed E-state index contributed by atoms with van der Waals surface area (Å²) in [6.07, 6.45) is 0.802. The SMILES string of the molecule is O=C(COCCc1ccccc1)c1ccccc1Cl. The predicted octanol–water partition coefficient (Wildman–Crippen LogP) is 3.78. The lowest BCUT2D eigenvalue weighted by atomic mass is 10.1. The molecule has 0 aromatic heterocycles. The first-order valence-corrected chi connectivity index (χ1v) is 6.54. The highest BCUT2D eigenvalue weighted by Gasteiger charge is 2.09. The molecule has 2 aromatic rings. The minimum Gasteiger partial charge on any atom is -0.373 e. The minimum absolute atomic E-state index is 0.0660.